The van der Waals surface area contributed by atoms with Gasteiger partial charge >= 0.3 is 0 Å². The van der Waals surface area contributed by atoms with E-state index in [1.165, 1.54) is 61.2 Å². The highest BCUT2D eigenvalue weighted by atomic mass is 14.4. The van der Waals surface area contributed by atoms with Crippen LogP contribution in [0, 0.1) is 6.92 Å². The molecule has 0 atom stereocenters. The standard InChI is InChI=1S/C31H28/c1-19-11-13-22-24-17-29-25(18-28(24)31(4,5)27(22)15-19)23-16-21(20-9-7-6-8-10-20)12-14-26(23)30(29,2)3/h6-18H,1-5H3. The van der Waals surface area contributed by atoms with Crippen LogP contribution in [0.2, 0.25) is 0 Å². The number of rotatable bonds is 1. The first kappa shape index (κ1) is 18.6. The van der Waals surface area contributed by atoms with Crippen LogP contribution < -0.4 is 0 Å². The molecule has 152 valence electrons. The third-order valence-electron chi connectivity index (χ3n) is 7.73. The summed E-state index contributed by atoms with van der Waals surface area (Å²) >= 11 is 0. The highest BCUT2D eigenvalue weighted by molar-refractivity contribution is 5.91. The first-order valence-electron chi connectivity index (χ1n) is 11.3. The predicted octanol–water partition coefficient (Wildman–Crippen LogP) is 8.27. The second-order valence-corrected chi connectivity index (χ2v) is 10.4. The van der Waals surface area contributed by atoms with Crippen LogP contribution in [0.4, 0.5) is 0 Å². The van der Waals surface area contributed by atoms with Crippen molar-refractivity contribution in [2.75, 3.05) is 0 Å². The van der Waals surface area contributed by atoms with Gasteiger partial charge < -0.3 is 0 Å². The molecule has 0 nitrogen and oxygen atoms in total. The molecular formula is C31H28. The van der Waals surface area contributed by atoms with Gasteiger partial charge in [-0.15, -0.1) is 0 Å². The summed E-state index contributed by atoms with van der Waals surface area (Å²) in [6, 6.07) is 29.7. The molecule has 4 aromatic carbocycles. The average molecular weight is 401 g/mol. The summed E-state index contributed by atoms with van der Waals surface area (Å²) < 4.78 is 0. The SMILES string of the molecule is Cc1ccc2c(c1)C(C)(C)c1cc3c(cc1-2)C(C)(C)c1ccc(-c2ccccc2)cc1-3. The van der Waals surface area contributed by atoms with E-state index in [4.69, 9.17) is 0 Å². The normalized spacial score (nSPS) is 16.4. The molecule has 2 aliphatic carbocycles. The minimum Gasteiger partial charge on any atom is -0.0622 e. The van der Waals surface area contributed by atoms with Gasteiger partial charge in [-0.2, -0.15) is 0 Å². The molecule has 0 spiro atoms. The van der Waals surface area contributed by atoms with Crippen LogP contribution in [0.5, 0.6) is 0 Å². The number of fused-ring (bicyclic) bond motifs is 6. The van der Waals surface area contributed by atoms with E-state index in [9.17, 15) is 0 Å². The average Bonchev–Trinajstić information content (AvgIpc) is 3.12. The summed E-state index contributed by atoms with van der Waals surface area (Å²) in [4.78, 5) is 0. The van der Waals surface area contributed by atoms with E-state index in [0.717, 1.165) is 0 Å². The van der Waals surface area contributed by atoms with E-state index < -0.39 is 0 Å². The van der Waals surface area contributed by atoms with Crippen LogP contribution in [0.25, 0.3) is 33.4 Å². The molecule has 6 rings (SSSR count). The topological polar surface area (TPSA) is 0 Å². The number of benzene rings is 4. The Morgan fingerprint density at radius 2 is 1.03 bits per heavy atom. The van der Waals surface area contributed by atoms with Gasteiger partial charge in [-0.1, -0.05) is 93.9 Å². The summed E-state index contributed by atoms with van der Waals surface area (Å²) in [5, 5.41) is 0. The minimum atomic E-state index is 0.00646. The fraction of sp³-hybridized carbons (Fsp3) is 0.226. The number of aryl methyl sites for hydroxylation is 1. The molecule has 2 aliphatic rings. The maximum atomic E-state index is 2.50. The highest BCUT2D eigenvalue weighted by Gasteiger charge is 2.41. The van der Waals surface area contributed by atoms with Gasteiger partial charge in [0.05, 0.1) is 0 Å². The van der Waals surface area contributed by atoms with E-state index in [1.54, 1.807) is 0 Å². The van der Waals surface area contributed by atoms with Gasteiger partial charge in [-0.05, 0) is 80.8 Å². The van der Waals surface area contributed by atoms with Crippen molar-refractivity contribution in [1.82, 2.24) is 0 Å². The Bertz CT molecular complexity index is 1370. The van der Waals surface area contributed by atoms with Crippen LogP contribution in [-0.4, -0.2) is 0 Å². The van der Waals surface area contributed by atoms with Crippen molar-refractivity contribution in [3.05, 3.63) is 107 Å². The lowest BCUT2D eigenvalue weighted by Gasteiger charge is -2.24. The Hall–Kier alpha value is -3.12. The number of hydrogen-bond acceptors (Lipinski definition) is 0. The molecular weight excluding hydrogens is 372 g/mol. The van der Waals surface area contributed by atoms with E-state index >= 15 is 0 Å². The zero-order valence-electron chi connectivity index (χ0n) is 19.0. The van der Waals surface area contributed by atoms with Gasteiger partial charge in [0.15, 0.2) is 0 Å². The van der Waals surface area contributed by atoms with Crippen molar-refractivity contribution >= 4 is 0 Å². The zero-order valence-corrected chi connectivity index (χ0v) is 19.0. The second kappa shape index (κ2) is 5.98. The fourth-order valence-corrected chi connectivity index (χ4v) is 5.90. The first-order valence-corrected chi connectivity index (χ1v) is 11.3. The van der Waals surface area contributed by atoms with Crippen LogP contribution in [0.15, 0.2) is 78.9 Å². The molecule has 0 saturated heterocycles. The van der Waals surface area contributed by atoms with Gasteiger partial charge in [0, 0.05) is 10.8 Å². The summed E-state index contributed by atoms with van der Waals surface area (Å²) in [6.07, 6.45) is 0. The van der Waals surface area contributed by atoms with Crippen LogP contribution in [0.3, 0.4) is 0 Å². The van der Waals surface area contributed by atoms with Gasteiger partial charge in [0.25, 0.3) is 0 Å². The third-order valence-corrected chi connectivity index (χ3v) is 7.73. The van der Waals surface area contributed by atoms with Crippen molar-refractivity contribution in [2.24, 2.45) is 0 Å². The molecule has 0 fully saturated rings. The number of hydrogen-bond donors (Lipinski definition) is 0. The Morgan fingerprint density at radius 3 is 1.74 bits per heavy atom. The van der Waals surface area contributed by atoms with Crippen molar-refractivity contribution in [3.63, 3.8) is 0 Å². The van der Waals surface area contributed by atoms with E-state index in [2.05, 4.69) is 113 Å². The maximum Gasteiger partial charge on any atom is 0.0159 e. The van der Waals surface area contributed by atoms with E-state index in [1.807, 2.05) is 0 Å². The lowest BCUT2D eigenvalue weighted by molar-refractivity contribution is 0.652. The predicted molar refractivity (Wildman–Crippen MR) is 132 cm³/mol. The highest BCUT2D eigenvalue weighted by Crippen LogP contribution is 2.56. The minimum absolute atomic E-state index is 0.00646. The van der Waals surface area contributed by atoms with E-state index in [-0.39, 0.29) is 10.8 Å². The monoisotopic (exact) mass is 400 g/mol. The molecule has 0 heterocycles. The lowest BCUT2D eigenvalue weighted by atomic mass is 9.79. The third kappa shape index (κ3) is 2.42. The van der Waals surface area contributed by atoms with Crippen LogP contribution in [-0.2, 0) is 10.8 Å². The van der Waals surface area contributed by atoms with E-state index in [0.29, 0.717) is 0 Å². The Labute approximate surface area is 185 Å². The Morgan fingerprint density at radius 1 is 0.452 bits per heavy atom. The Balaban J connectivity index is 1.61. The summed E-state index contributed by atoms with van der Waals surface area (Å²) in [5.74, 6) is 0. The summed E-state index contributed by atoms with van der Waals surface area (Å²) in [6.45, 7) is 11.7. The smallest absolute Gasteiger partial charge is 0.0159 e. The van der Waals surface area contributed by atoms with Crippen molar-refractivity contribution in [1.29, 1.82) is 0 Å². The summed E-state index contributed by atoms with van der Waals surface area (Å²) in [7, 11) is 0. The van der Waals surface area contributed by atoms with Crippen molar-refractivity contribution in [3.8, 4) is 33.4 Å². The summed E-state index contributed by atoms with van der Waals surface area (Å²) in [5.41, 5.74) is 15.4. The van der Waals surface area contributed by atoms with Gasteiger partial charge in [0.2, 0.25) is 0 Å². The largest absolute Gasteiger partial charge is 0.0622 e. The molecule has 31 heavy (non-hydrogen) atoms. The molecule has 0 heteroatoms. The van der Waals surface area contributed by atoms with Gasteiger partial charge in [-0.25, -0.2) is 0 Å². The maximum absolute atomic E-state index is 2.50. The molecule has 0 amide bonds. The molecule has 4 aromatic rings. The quantitative estimate of drug-likeness (QED) is 0.301. The molecule has 0 N–H and O–H groups in total. The van der Waals surface area contributed by atoms with Crippen molar-refractivity contribution < 1.29 is 0 Å². The molecule has 0 unspecified atom stereocenters. The molecule has 0 bridgehead atoms. The zero-order chi connectivity index (χ0) is 21.5. The lowest BCUT2D eigenvalue weighted by Crippen LogP contribution is -2.17. The van der Waals surface area contributed by atoms with Gasteiger partial charge in [-0.3, -0.25) is 0 Å². The molecule has 0 radical (unpaired) electrons. The Kier molecular flexibility index (Phi) is 3.59. The molecule has 0 aliphatic heterocycles. The second-order valence-electron chi connectivity index (χ2n) is 10.4. The fourth-order valence-electron chi connectivity index (χ4n) is 5.90. The molecule has 0 saturated carbocycles. The van der Waals surface area contributed by atoms with Crippen molar-refractivity contribution in [2.45, 2.75) is 45.4 Å². The first-order chi connectivity index (χ1) is 14.8. The van der Waals surface area contributed by atoms with Crippen LogP contribution >= 0.6 is 0 Å². The molecule has 0 aromatic heterocycles. The van der Waals surface area contributed by atoms with Crippen LogP contribution in [0.1, 0.15) is 55.5 Å². The van der Waals surface area contributed by atoms with Gasteiger partial charge in [0.1, 0.15) is 0 Å².